The second-order valence-corrected chi connectivity index (χ2v) is 6.35. The molecule has 0 atom stereocenters. The topological polar surface area (TPSA) is 74.8 Å². The van der Waals surface area contributed by atoms with Gasteiger partial charge in [-0.15, -0.1) is 0 Å². The van der Waals surface area contributed by atoms with Gasteiger partial charge in [0.25, 0.3) is 5.91 Å². The fourth-order valence-corrected chi connectivity index (χ4v) is 2.57. The summed E-state index contributed by atoms with van der Waals surface area (Å²) >= 11 is 0. The molecule has 2 aromatic carbocycles. The maximum absolute atomic E-state index is 12.3. The first kappa shape index (κ1) is 17.8. The smallest absolute Gasteiger partial charge is 0.251 e. The van der Waals surface area contributed by atoms with Crippen LogP contribution in [0, 0.1) is 0 Å². The molecule has 1 heterocycles. The van der Waals surface area contributed by atoms with Crippen LogP contribution in [0.5, 0.6) is 5.75 Å². The van der Waals surface area contributed by atoms with Crippen molar-refractivity contribution >= 4 is 17.6 Å². The minimum atomic E-state index is -0.104. The van der Waals surface area contributed by atoms with Crippen molar-refractivity contribution in [1.29, 1.82) is 0 Å². The summed E-state index contributed by atoms with van der Waals surface area (Å²) < 4.78 is 5.59. The van der Waals surface area contributed by atoms with Crippen molar-refractivity contribution in [1.82, 2.24) is 10.6 Å². The van der Waals surface area contributed by atoms with Crippen LogP contribution in [0.15, 0.2) is 53.5 Å². The van der Waals surface area contributed by atoms with Crippen molar-refractivity contribution in [3.63, 3.8) is 0 Å². The van der Waals surface area contributed by atoms with Gasteiger partial charge in [-0.3, -0.25) is 9.79 Å². The minimum absolute atomic E-state index is 0.104. The summed E-state index contributed by atoms with van der Waals surface area (Å²) in [7, 11) is 0. The number of carbonyl (C=O) groups is 1. The van der Waals surface area contributed by atoms with E-state index in [4.69, 9.17) is 4.74 Å². The summed E-state index contributed by atoms with van der Waals surface area (Å²) in [6.45, 7) is 6.09. The number of carbonyl (C=O) groups excluding carboxylic acids is 1. The molecule has 0 aliphatic carbocycles. The van der Waals surface area contributed by atoms with Gasteiger partial charge in [0.05, 0.1) is 12.6 Å². The quantitative estimate of drug-likeness (QED) is 0.747. The molecule has 0 spiro atoms. The van der Waals surface area contributed by atoms with Crippen molar-refractivity contribution in [2.45, 2.75) is 26.5 Å². The van der Waals surface area contributed by atoms with Crippen molar-refractivity contribution in [3.8, 4) is 5.75 Å². The van der Waals surface area contributed by atoms with Crippen LogP contribution in [0.4, 0.5) is 5.69 Å². The molecular weight excluding hydrogens is 328 g/mol. The molecule has 1 aliphatic heterocycles. The predicted molar refractivity (Wildman–Crippen MR) is 104 cm³/mol. The SMILES string of the molecule is CC(C)Oc1ccc(C(=O)NCc2ccc(NC3=NCCN3)cc2)cc1. The molecule has 6 nitrogen and oxygen atoms in total. The van der Waals surface area contributed by atoms with Crippen molar-refractivity contribution in [2.24, 2.45) is 4.99 Å². The highest BCUT2D eigenvalue weighted by atomic mass is 16.5. The number of rotatable bonds is 6. The third-order valence-corrected chi connectivity index (χ3v) is 3.83. The monoisotopic (exact) mass is 352 g/mol. The number of aliphatic imine (C=N–C) groups is 1. The number of nitrogens with zero attached hydrogens (tertiary/aromatic N) is 1. The third-order valence-electron chi connectivity index (χ3n) is 3.83. The minimum Gasteiger partial charge on any atom is -0.491 e. The average molecular weight is 352 g/mol. The van der Waals surface area contributed by atoms with E-state index >= 15 is 0 Å². The van der Waals surface area contributed by atoms with Gasteiger partial charge in [0, 0.05) is 24.3 Å². The number of nitrogens with one attached hydrogen (secondary N) is 3. The predicted octanol–water partition coefficient (Wildman–Crippen LogP) is 2.77. The summed E-state index contributed by atoms with van der Waals surface area (Å²) in [6.07, 6.45) is 0.114. The zero-order valence-electron chi connectivity index (χ0n) is 15.1. The Kier molecular flexibility index (Phi) is 5.73. The van der Waals surface area contributed by atoms with Gasteiger partial charge >= 0.3 is 0 Å². The van der Waals surface area contributed by atoms with Crippen LogP contribution < -0.4 is 20.7 Å². The first-order chi connectivity index (χ1) is 12.6. The van der Waals surface area contributed by atoms with E-state index in [-0.39, 0.29) is 12.0 Å². The number of hydrogen-bond donors (Lipinski definition) is 3. The lowest BCUT2D eigenvalue weighted by molar-refractivity contribution is 0.0951. The van der Waals surface area contributed by atoms with Crippen LogP contribution in [0.2, 0.25) is 0 Å². The molecule has 0 radical (unpaired) electrons. The molecule has 0 fully saturated rings. The Morgan fingerprint density at radius 1 is 1.15 bits per heavy atom. The summed E-state index contributed by atoms with van der Waals surface area (Å²) in [5.41, 5.74) is 2.61. The summed E-state index contributed by atoms with van der Waals surface area (Å²) in [4.78, 5) is 16.6. The maximum Gasteiger partial charge on any atom is 0.251 e. The second-order valence-electron chi connectivity index (χ2n) is 6.35. The average Bonchev–Trinajstić information content (AvgIpc) is 3.14. The van der Waals surface area contributed by atoms with E-state index in [0.717, 1.165) is 36.0 Å². The van der Waals surface area contributed by atoms with Gasteiger partial charge in [0.15, 0.2) is 5.96 Å². The summed E-state index contributed by atoms with van der Waals surface area (Å²) in [5.74, 6) is 1.46. The molecule has 136 valence electrons. The van der Waals surface area contributed by atoms with Crippen LogP contribution in [0.25, 0.3) is 0 Å². The molecule has 1 aliphatic rings. The zero-order chi connectivity index (χ0) is 18.4. The molecule has 0 aromatic heterocycles. The standard InChI is InChI=1S/C20H24N4O2/c1-14(2)26-18-9-5-16(6-10-18)19(25)23-13-15-3-7-17(8-4-15)24-20-21-11-12-22-20/h3-10,14H,11-13H2,1-2H3,(H,23,25)(H2,21,22,24). The molecule has 0 saturated carbocycles. The highest BCUT2D eigenvalue weighted by Crippen LogP contribution is 2.14. The van der Waals surface area contributed by atoms with Gasteiger partial charge in [-0.05, 0) is 55.8 Å². The highest BCUT2D eigenvalue weighted by Gasteiger charge is 2.07. The maximum atomic E-state index is 12.3. The lowest BCUT2D eigenvalue weighted by atomic mass is 10.1. The van der Waals surface area contributed by atoms with Crippen molar-refractivity contribution in [2.75, 3.05) is 18.4 Å². The third kappa shape index (κ3) is 4.99. The lowest BCUT2D eigenvalue weighted by Gasteiger charge is -2.11. The van der Waals surface area contributed by atoms with E-state index in [2.05, 4.69) is 20.9 Å². The lowest BCUT2D eigenvalue weighted by Crippen LogP contribution is -2.26. The van der Waals surface area contributed by atoms with E-state index in [1.807, 2.05) is 50.2 Å². The molecule has 1 amide bonds. The van der Waals surface area contributed by atoms with Crippen LogP contribution in [-0.2, 0) is 6.54 Å². The number of hydrogen-bond acceptors (Lipinski definition) is 5. The van der Waals surface area contributed by atoms with Gasteiger partial charge in [0.2, 0.25) is 0 Å². The molecule has 0 unspecified atom stereocenters. The van der Waals surface area contributed by atoms with Crippen molar-refractivity contribution in [3.05, 3.63) is 59.7 Å². The first-order valence-electron chi connectivity index (χ1n) is 8.79. The summed E-state index contributed by atoms with van der Waals surface area (Å²) in [5, 5.41) is 9.31. The van der Waals surface area contributed by atoms with E-state index in [1.54, 1.807) is 12.1 Å². The zero-order valence-corrected chi connectivity index (χ0v) is 15.1. The number of amides is 1. The molecule has 6 heteroatoms. The van der Waals surface area contributed by atoms with Gasteiger partial charge in [0.1, 0.15) is 5.75 Å². The van der Waals surface area contributed by atoms with E-state index in [1.165, 1.54) is 0 Å². The Morgan fingerprint density at radius 3 is 2.50 bits per heavy atom. The Labute approximate surface area is 153 Å². The Morgan fingerprint density at radius 2 is 1.88 bits per heavy atom. The molecule has 0 bridgehead atoms. The first-order valence-corrected chi connectivity index (χ1v) is 8.79. The molecule has 2 aromatic rings. The summed E-state index contributed by atoms with van der Waals surface area (Å²) in [6, 6.07) is 15.1. The van der Waals surface area contributed by atoms with E-state index < -0.39 is 0 Å². The van der Waals surface area contributed by atoms with Gasteiger partial charge < -0.3 is 20.7 Å². The van der Waals surface area contributed by atoms with Crippen LogP contribution in [0.1, 0.15) is 29.8 Å². The number of benzene rings is 2. The van der Waals surface area contributed by atoms with Gasteiger partial charge in [-0.25, -0.2) is 0 Å². The molecule has 0 saturated heterocycles. The van der Waals surface area contributed by atoms with Gasteiger partial charge in [-0.1, -0.05) is 12.1 Å². The normalized spacial score (nSPS) is 13.1. The highest BCUT2D eigenvalue weighted by molar-refractivity contribution is 5.95. The molecular formula is C20H24N4O2. The number of anilines is 1. The Hall–Kier alpha value is -3.02. The van der Waals surface area contributed by atoms with E-state index in [0.29, 0.717) is 12.1 Å². The number of guanidine groups is 1. The fraction of sp³-hybridized carbons (Fsp3) is 0.300. The molecule has 3 N–H and O–H groups in total. The second kappa shape index (κ2) is 8.38. The van der Waals surface area contributed by atoms with Gasteiger partial charge in [-0.2, -0.15) is 0 Å². The fourth-order valence-electron chi connectivity index (χ4n) is 2.57. The molecule has 26 heavy (non-hydrogen) atoms. The van der Waals surface area contributed by atoms with Crippen molar-refractivity contribution < 1.29 is 9.53 Å². The number of ether oxygens (including phenoxy) is 1. The van der Waals surface area contributed by atoms with E-state index in [9.17, 15) is 4.79 Å². The Bertz CT molecular complexity index is 767. The van der Waals surface area contributed by atoms with Crippen LogP contribution >= 0.6 is 0 Å². The Balaban J connectivity index is 1.50. The van der Waals surface area contributed by atoms with Crippen LogP contribution in [0.3, 0.4) is 0 Å². The largest absolute Gasteiger partial charge is 0.491 e. The van der Waals surface area contributed by atoms with Crippen LogP contribution in [-0.4, -0.2) is 31.1 Å². The molecule has 3 rings (SSSR count).